The summed E-state index contributed by atoms with van der Waals surface area (Å²) in [4.78, 5) is 21.5. The van der Waals surface area contributed by atoms with Crippen molar-refractivity contribution in [1.82, 2.24) is 9.97 Å². The van der Waals surface area contributed by atoms with Crippen LogP contribution < -0.4 is 10.1 Å². The Labute approximate surface area is 159 Å². The van der Waals surface area contributed by atoms with Crippen LogP contribution in [0.2, 0.25) is 0 Å². The predicted octanol–water partition coefficient (Wildman–Crippen LogP) is 4.55. The van der Waals surface area contributed by atoms with Gasteiger partial charge in [0, 0.05) is 22.8 Å². The highest BCUT2D eigenvalue weighted by atomic mass is 32.1. The number of thiazole rings is 1. The van der Waals surface area contributed by atoms with E-state index in [-0.39, 0.29) is 5.91 Å². The van der Waals surface area contributed by atoms with Gasteiger partial charge in [-0.15, -0.1) is 11.3 Å². The number of rotatable bonds is 3. The average molecular weight is 373 g/mol. The van der Waals surface area contributed by atoms with Gasteiger partial charge in [0.25, 0.3) is 5.91 Å². The van der Waals surface area contributed by atoms with E-state index in [4.69, 9.17) is 4.74 Å². The maximum Gasteiger partial charge on any atom is 0.276 e. The Hall–Kier alpha value is -3.25. The molecular weight excluding hydrogens is 358 g/mol. The summed E-state index contributed by atoms with van der Waals surface area (Å²) in [5.74, 6) is 0.689. The Kier molecular flexibility index (Phi) is 3.83. The summed E-state index contributed by atoms with van der Waals surface area (Å²) in [6.07, 6.45) is 0.921. The third-order valence-electron chi connectivity index (χ3n) is 4.54. The SMILES string of the molecule is O=C(Nc1nc(-c2ccc3c(c2)CCO3)cs1)c1ccc2ccccc2n1. The van der Waals surface area contributed by atoms with Crippen LogP contribution in [0.3, 0.4) is 0 Å². The molecule has 1 aliphatic rings. The van der Waals surface area contributed by atoms with Crippen molar-refractivity contribution in [3.63, 3.8) is 0 Å². The molecule has 2 aromatic heterocycles. The average Bonchev–Trinajstić information content (AvgIpc) is 3.36. The standard InChI is InChI=1S/C21H15N3O2S/c25-20(17-7-5-13-3-1-2-4-16(13)22-17)24-21-23-18(12-27-21)14-6-8-19-15(11-14)9-10-26-19/h1-8,11-12H,9-10H2,(H,23,24,25). The summed E-state index contributed by atoms with van der Waals surface area (Å²) >= 11 is 1.40. The zero-order valence-corrected chi connectivity index (χ0v) is 15.1. The molecule has 6 heteroatoms. The zero-order valence-electron chi connectivity index (χ0n) is 14.3. The molecular formula is C21H15N3O2S. The lowest BCUT2D eigenvalue weighted by Crippen LogP contribution is -2.13. The third-order valence-corrected chi connectivity index (χ3v) is 5.30. The smallest absolute Gasteiger partial charge is 0.276 e. The highest BCUT2D eigenvalue weighted by Crippen LogP contribution is 2.32. The number of carbonyl (C=O) groups excluding carboxylic acids is 1. The van der Waals surface area contributed by atoms with Crippen LogP contribution in [0.25, 0.3) is 22.2 Å². The molecule has 2 aromatic carbocycles. The molecule has 3 heterocycles. The molecule has 1 N–H and O–H groups in total. The van der Waals surface area contributed by atoms with Crippen LogP contribution >= 0.6 is 11.3 Å². The van der Waals surface area contributed by atoms with E-state index in [1.165, 1.54) is 16.9 Å². The van der Waals surface area contributed by atoms with Crippen LogP contribution in [-0.2, 0) is 6.42 Å². The molecule has 5 nitrogen and oxygen atoms in total. The van der Waals surface area contributed by atoms with Crippen molar-refractivity contribution in [2.45, 2.75) is 6.42 Å². The van der Waals surface area contributed by atoms with E-state index in [1.54, 1.807) is 6.07 Å². The van der Waals surface area contributed by atoms with Gasteiger partial charge < -0.3 is 4.74 Å². The molecule has 27 heavy (non-hydrogen) atoms. The number of amides is 1. The fourth-order valence-electron chi connectivity index (χ4n) is 3.16. The number of hydrogen-bond donors (Lipinski definition) is 1. The predicted molar refractivity (Wildman–Crippen MR) is 106 cm³/mol. The number of hydrogen-bond acceptors (Lipinski definition) is 5. The number of nitrogens with one attached hydrogen (secondary N) is 1. The van der Waals surface area contributed by atoms with Crippen LogP contribution in [0.15, 0.2) is 60.0 Å². The minimum Gasteiger partial charge on any atom is -0.493 e. The fourth-order valence-corrected chi connectivity index (χ4v) is 3.88. The lowest BCUT2D eigenvalue weighted by Gasteiger charge is -2.03. The first-order chi connectivity index (χ1) is 13.3. The lowest BCUT2D eigenvalue weighted by molar-refractivity contribution is 0.102. The van der Waals surface area contributed by atoms with Crippen LogP contribution in [0.4, 0.5) is 5.13 Å². The second-order valence-electron chi connectivity index (χ2n) is 6.30. The van der Waals surface area contributed by atoms with Crippen molar-refractivity contribution in [3.8, 4) is 17.0 Å². The number of aromatic nitrogens is 2. The van der Waals surface area contributed by atoms with E-state index < -0.39 is 0 Å². The maximum absolute atomic E-state index is 12.5. The number of pyridine rings is 1. The summed E-state index contributed by atoms with van der Waals surface area (Å²) in [6.45, 7) is 0.732. The molecule has 0 atom stereocenters. The molecule has 0 saturated carbocycles. The van der Waals surface area contributed by atoms with Crippen molar-refractivity contribution in [1.29, 1.82) is 0 Å². The van der Waals surface area contributed by atoms with Gasteiger partial charge in [-0.1, -0.05) is 24.3 Å². The largest absolute Gasteiger partial charge is 0.493 e. The van der Waals surface area contributed by atoms with Gasteiger partial charge in [0.2, 0.25) is 0 Å². The van der Waals surface area contributed by atoms with Gasteiger partial charge in [-0.3, -0.25) is 10.1 Å². The van der Waals surface area contributed by atoms with E-state index in [0.717, 1.165) is 40.9 Å². The van der Waals surface area contributed by atoms with Gasteiger partial charge in [0.1, 0.15) is 11.4 Å². The lowest BCUT2D eigenvalue weighted by atomic mass is 10.1. The number of para-hydroxylation sites is 1. The second kappa shape index (κ2) is 6.48. The molecule has 1 amide bonds. The molecule has 0 saturated heterocycles. The van der Waals surface area contributed by atoms with Gasteiger partial charge in [-0.05, 0) is 35.9 Å². The maximum atomic E-state index is 12.5. The molecule has 0 aliphatic carbocycles. The Bertz CT molecular complexity index is 1170. The minimum absolute atomic E-state index is 0.260. The number of carbonyl (C=O) groups is 1. The van der Waals surface area contributed by atoms with Crippen molar-refractivity contribution >= 4 is 33.3 Å². The summed E-state index contributed by atoms with van der Waals surface area (Å²) in [5.41, 5.74) is 4.24. The van der Waals surface area contributed by atoms with Crippen LogP contribution in [0.1, 0.15) is 16.1 Å². The molecule has 0 bridgehead atoms. The number of benzene rings is 2. The molecule has 1 aliphatic heterocycles. The number of nitrogens with zero attached hydrogens (tertiary/aromatic N) is 2. The highest BCUT2D eigenvalue weighted by molar-refractivity contribution is 7.14. The normalized spacial score (nSPS) is 12.6. The Morgan fingerprint density at radius 2 is 2.00 bits per heavy atom. The third kappa shape index (κ3) is 3.04. The van der Waals surface area contributed by atoms with E-state index in [1.807, 2.05) is 47.8 Å². The Morgan fingerprint density at radius 3 is 2.96 bits per heavy atom. The van der Waals surface area contributed by atoms with Crippen molar-refractivity contribution < 1.29 is 9.53 Å². The quantitative estimate of drug-likeness (QED) is 0.572. The minimum atomic E-state index is -0.260. The first-order valence-corrected chi connectivity index (χ1v) is 9.53. The first kappa shape index (κ1) is 16.0. The van der Waals surface area contributed by atoms with Gasteiger partial charge in [-0.2, -0.15) is 0 Å². The molecule has 132 valence electrons. The van der Waals surface area contributed by atoms with Gasteiger partial charge in [0.05, 0.1) is 17.8 Å². The van der Waals surface area contributed by atoms with Gasteiger partial charge in [-0.25, -0.2) is 9.97 Å². The van der Waals surface area contributed by atoms with Crippen LogP contribution in [0.5, 0.6) is 5.75 Å². The molecule has 5 rings (SSSR count). The summed E-state index contributed by atoms with van der Waals surface area (Å²) < 4.78 is 5.54. The second-order valence-corrected chi connectivity index (χ2v) is 7.16. The summed E-state index contributed by atoms with van der Waals surface area (Å²) in [6, 6.07) is 17.4. The molecule has 0 radical (unpaired) electrons. The van der Waals surface area contributed by atoms with E-state index in [9.17, 15) is 4.79 Å². The monoisotopic (exact) mass is 373 g/mol. The summed E-state index contributed by atoms with van der Waals surface area (Å²) in [5, 5.41) is 6.35. The first-order valence-electron chi connectivity index (χ1n) is 8.65. The fraction of sp³-hybridized carbons (Fsp3) is 0.0952. The van der Waals surface area contributed by atoms with Gasteiger partial charge in [0.15, 0.2) is 5.13 Å². The van der Waals surface area contributed by atoms with E-state index >= 15 is 0 Å². The molecule has 4 aromatic rings. The number of ether oxygens (including phenoxy) is 1. The topological polar surface area (TPSA) is 64.1 Å². The van der Waals surface area contributed by atoms with Crippen LogP contribution in [0, 0.1) is 0 Å². The van der Waals surface area contributed by atoms with Crippen molar-refractivity contribution in [2.24, 2.45) is 0 Å². The van der Waals surface area contributed by atoms with Crippen molar-refractivity contribution in [3.05, 3.63) is 71.2 Å². The van der Waals surface area contributed by atoms with Gasteiger partial charge >= 0.3 is 0 Å². The zero-order chi connectivity index (χ0) is 18.2. The van der Waals surface area contributed by atoms with E-state index in [0.29, 0.717) is 10.8 Å². The van der Waals surface area contributed by atoms with E-state index in [2.05, 4.69) is 21.4 Å². The molecule has 0 unspecified atom stereocenters. The molecule has 0 fully saturated rings. The van der Waals surface area contributed by atoms with Crippen LogP contribution in [-0.4, -0.2) is 22.5 Å². The Balaban J connectivity index is 1.37. The number of fused-ring (bicyclic) bond motifs is 2. The molecule has 0 spiro atoms. The number of anilines is 1. The highest BCUT2D eigenvalue weighted by Gasteiger charge is 2.15. The van der Waals surface area contributed by atoms with Crippen molar-refractivity contribution in [2.75, 3.05) is 11.9 Å². The summed E-state index contributed by atoms with van der Waals surface area (Å²) in [7, 11) is 0. The Morgan fingerprint density at radius 1 is 1.07 bits per heavy atom.